The third-order valence-corrected chi connectivity index (χ3v) is 2.84. The normalized spacial score (nSPS) is 12.4. The van der Waals surface area contributed by atoms with Crippen molar-refractivity contribution in [2.24, 2.45) is 0 Å². The minimum atomic E-state index is -2.97. The van der Waals surface area contributed by atoms with Gasteiger partial charge in [-0.2, -0.15) is 10.4 Å². The minimum Gasteiger partial charge on any atom is -0.382 e. The molecule has 0 aliphatic carbocycles. The third kappa shape index (κ3) is 2.61. The molecule has 104 valence electrons. The zero-order valence-corrected chi connectivity index (χ0v) is 11.0. The van der Waals surface area contributed by atoms with E-state index in [2.05, 4.69) is 10.1 Å². The number of hydrogen-bond acceptors (Lipinski definition) is 4. The lowest BCUT2D eigenvalue weighted by molar-refractivity contribution is -0.00603. The number of hydrogen-bond donors (Lipinski definition) is 1. The summed E-state index contributed by atoms with van der Waals surface area (Å²) >= 11 is 5.76. The molecular formula is C12H9ClF2N4O. The molecule has 2 aromatic heterocycles. The van der Waals surface area contributed by atoms with Crippen LogP contribution in [-0.2, 0) is 0 Å². The van der Waals surface area contributed by atoms with E-state index >= 15 is 0 Å². The molecule has 0 fully saturated rings. The summed E-state index contributed by atoms with van der Waals surface area (Å²) in [5.41, 5.74) is 0.515. The van der Waals surface area contributed by atoms with Crippen molar-refractivity contribution >= 4 is 11.6 Å². The van der Waals surface area contributed by atoms with Crippen molar-refractivity contribution in [2.75, 3.05) is 0 Å². The fourth-order valence-corrected chi connectivity index (χ4v) is 1.86. The van der Waals surface area contributed by atoms with Gasteiger partial charge in [-0.25, -0.2) is 18.4 Å². The maximum atomic E-state index is 12.7. The number of aliphatic hydroxyl groups is 1. The molecule has 1 unspecified atom stereocenters. The monoisotopic (exact) mass is 298 g/mol. The van der Waals surface area contributed by atoms with Gasteiger partial charge in [0.05, 0.1) is 0 Å². The minimum absolute atomic E-state index is 0.0238. The molecule has 0 radical (unpaired) electrons. The van der Waals surface area contributed by atoms with Crippen LogP contribution in [0.25, 0.3) is 5.82 Å². The van der Waals surface area contributed by atoms with Gasteiger partial charge in [0.1, 0.15) is 17.3 Å². The molecule has 0 aliphatic heterocycles. The van der Waals surface area contributed by atoms with Crippen LogP contribution >= 0.6 is 11.6 Å². The predicted molar refractivity (Wildman–Crippen MR) is 66.8 cm³/mol. The molecule has 0 saturated heterocycles. The Balaban J connectivity index is 2.63. The number of halogens is 3. The Morgan fingerprint density at radius 3 is 2.70 bits per heavy atom. The Morgan fingerprint density at radius 1 is 1.45 bits per heavy atom. The highest BCUT2D eigenvalue weighted by atomic mass is 35.5. The van der Waals surface area contributed by atoms with Gasteiger partial charge < -0.3 is 5.11 Å². The molecular weight excluding hydrogens is 290 g/mol. The number of nitrogens with zero attached hydrogens (tertiary/aromatic N) is 4. The van der Waals surface area contributed by atoms with Crippen LogP contribution in [0.5, 0.6) is 0 Å². The van der Waals surface area contributed by atoms with E-state index in [-0.39, 0.29) is 22.2 Å². The van der Waals surface area contributed by atoms with Crippen LogP contribution in [0.4, 0.5) is 8.78 Å². The lowest BCUT2D eigenvalue weighted by Gasteiger charge is -2.15. The van der Waals surface area contributed by atoms with Crippen LogP contribution in [0.2, 0.25) is 5.15 Å². The Bertz CT molecular complexity index is 681. The highest BCUT2D eigenvalue weighted by Gasteiger charge is 2.25. The van der Waals surface area contributed by atoms with E-state index in [0.29, 0.717) is 5.69 Å². The summed E-state index contributed by atoms with van der Waals surface area (Å²) in [4.78, 5) is 3.92. The fourth-order valence-electron chi connectivity index (χ4n) is 1.72. The second kappa shape index (κ2) is 5.53. The van der Waals surface area contributed by atoms with Gasteiger partial charge in [0, 0.05) is 11.3 Å². The van der Waals surface area contributed by atoms with Crippen molar-refractivity contribution in [3.63, 3.8) is 0 Å². The molecule has 1 atom stereocenters. The van der Waals surface area contributed by atoms with Gasteiger partial charge >= 0.3 is 0 Å². The maximum absolute atomic E-state index is 12.7. The van der Waals surface area contributed by atoms with Crippen LogP contribution in [0.1, 0.15) is 23.1 Å². The first-order chi connectivity index (χ1) is 9.43. The van der Waals surface area contributed by atoms with Crippen LogP contribution < -0.4 is 0 Å². The fraction of sp³-hybridized carbons (Fsp3) is 0.250. The maximum Gasteiger partial charge on any atom is 0.268 e. The van der Waals surface area contributed by atoms with Gasteiger partial charge in [0.2, 0.25) is 0 Å². The smallest absolute Gasteiger partial charge is 0.268 e. The number of rotatable bonds is 3. The van der Waals surface area contributed by atoms with E-state index in [1.165, 1.54) is 22.9 Å². The largest absolute Gasteiger partial charge is 0.382 e. The Morgan fingerprint density at radius 2 is 2.15 bits per heavy atom. The molecule has 0 aliphatic rings. The molecule has 2 aromatic rings. The molecule has 8 heteroatoms. The molecule has 20 heavy (non-hydrogen) atoms. The highest BCUT2D eigenvalue weighted by Crippen LogP contribution is 2.27. The van der Waals surface area contributed by atoms with Gasteiger partial charge in [-0.05, 0) is 25.1 Å². The van der Waals surface area contributed by atoms with Crippen LogP contribution in [0.15, 0.2) is 18.2 Å². The molecule has 2 rings (SSSR count). The second-order valence-electron chi connectivity index (χ2n) is 4.02. The lowest BCUT2D eigenvalue weighted by Crippen LogP contribution is -2.14. The number of aliphatic hydroxyl groups excluding tert-OH is 1. The number of aryl methyl sites for hydroxylation is 1. The van der Waals surface area contributed by atoms with Gasteiger partial charge in [-0.3, -0.25) is 0 Å². The summed E-state index contributed by atoms with van der Waals surface area (Å²) in [6.45, 7) is 1.63. The standard InChI is InChI=1S/C12H9ClF2N4O/c1-6-4-7(5-16)18-19(6)12-8(10(20)11(14)15)2-3-9(13)17-12/h2-4,10-11,20H,1H3. The molecule has 0 saturated carbocycles. The third-order valence-electron chi connectivity index (χ3n) is 2.63. The summed E-state index contributed by atoms with van der Waals surface area (Å²) < 4.78 is 26.6. The number of aromatic nitrogens is 3. The summed E-state index contributed by atoms with van der Waals surface area (Å²) in [5, 5.41) is 22.3. The first-order valence-corrected chi connectivity index (χ1v) is 5.91. The summed E-state index contributed by atoms with van der Waals surface area (Å²) in [6, 6.07) is 5.87. The van der Waals surface area contributed by atoms with E-state index in [1.807, 2.05) is 6.07 Å². The van der Waals surface area contributed by atoms with Gasteiger partial charge in [-0.1, -0.05) is 11.6 Å². The van der Waals surface area contributed by atoms with Crippen molar-refractivity contribution in [3.8, 4) is 11.9 Å². The molecule has 5 nitrogen and oxygen atoms in total. The molecule has 0 spiro atoms. The van der Waals surface area contributed by atoms with Crippen molar-refractivity contribution in [1.29, 1.82) is 5.26 Å². The Hall–Kier alpha value is -2.04. The van der Waals surface area contributed by atoms with E-state index in [9.17, 15) is 13.9 Å². The quantitative estimate of drug-likeness (QED) is 0.883. The van der Waals surface area contributed by atoms with Crippen molar-refractivity contribution in [1.82, 2.24) is 14.8 Å². The summed E-state index contributed by atoms with van der Waals surface area (Å²) in [6.07, 6.45) is -4.98. The van der Waals surface area contributed by atoms with E-state index < -0.39 is 12.5 Å². The van der Waals surface area contributed by atoms with Gasteiger partial charge in [0.15, 0.2) is 11.5 Å². The van der Waals surface area contributed by atoms with Crippen molar-refractivity contribution < 1.29 is 13.9 Å². The van der Waals surface area contributed by atoms with Crippen LogP contribution in [0, 0.1) is 18.3 Å². The van der Waals surface area contributed by atoms with Gasteiger partial charge in [-0.15, -0.1) is 0 Å². The lowest BCUT2D eigenvalue weighted by atomic mass is 10.1. The van der Waals surface area contributed by atoms with Gasteiger partial charge in [0.25, 0.3) is 6.43 Å². The molecule has 0 aromatic carbocycles. The molecule has 0 bridgehead atoms. The second-order valence-corrected chi connectivity index (χ2v) is 4.41. The zero-order chi connectivity index (χ0) is 14.9. The van der Waals surface area contributed by atoms with Crippen molar-refractivity contribution in [2.45, 2.75) is 19.5 Å². The first-order valence-electron chi connectivity index (χ1n) is 5.54. The Kier molecular flexibility index (Phi) is 3.97. The summed E-state index contributed by atoms with van der Waals surface area (Å²) in [7, 11) is 0. The molecule has 2 heterocycles. The first kappa shape index (κ1) is 14.4. The topological polar surface area (TPSA) is 74.7 Å². The van der Waals surface area contributed by atoms with E-state index in [0.717, 1.165) is 0 Å². The predicted octanol–water partition coefficient (Wildman–Crippen LogP) is 2.40. The van der Waals surface area contributed by atoms with Crippen LogP contribution in [0.3, 0.4) is 0 Å². The molecule has 0 amide bonds. The average molecular weight is 299 g/mol. The van der Waals surface area contributed by atoms with E-state index in [1.54, 1.807) is 6.92 Å². The number of nitriles is 1. The van der Waals surface area contributed by atoms with Crippen LogP contribution in [-0.4, -0.2) is 26.3 Å². The summed E-state index contributed by atoms with van der Waals surface area (Å²) in [5.74, 6) is -0.0238. The average Bonchev–Trinajstić information content (AvgIpc) is 2.79. The highest BCUT2D eigenvalue weighted by molar-refractivity contribution is 6.29. The molecule has 1 N–H and O–H groups in total. The van der Waals surface area contributed by atoms with Crippen molar-refractivity contribution in [3.05, 3.63) is 40.3 Å². The SMILES string of the molecule is Cc1cc(C#N)nn1-c1nc(Cl)ccc1C(O)C(F)F. The van der Waals surface area contributed by atoms with E-state index in [4.69, 9.17) is 16.9 Å². The Labute approximate surface area is 118 Å². The number of pyridine rings is 1. The zero-order valence-electron chi connectivity index (χ0n) is 10.3. The number of alkyl halides is 2.